The van der Waals surface area contributed by atoms with Gasteiger partial charge in [-0.3, -0.25) is 15.1 Å². The van der Waals surface area contributed by atoms with Crippen LogP contribution in [0.3, 0.4) is 0 Å². The number of hydrogen-bond acceptors (Lipinski definition) is 3. The topological polar surface area (TPSA) is 56.0 Å². The van der Waals surface area contributed by atoms with Crippen LogP contribution in [0.15, 0.2) is 42.6 Å². The zero-order chi connectivity index (χ0) is 11.5. The molecule has 0 N–H and O–H groups in total. The Morgan fingerprint density at radius 3 is 2.62 bits per heavy atom. The third-order valence-corrected chi connectivity index (χ3v) is 2.37. The fourth-order valence-electron chi connectivity index (χ4n) is 1.60. The molecule has 0 saturated carbocycles. The number of rotatable bonds is 2. The SMILES string of the molecule is Cc1cccnc1-c1ccccc1[N+](=O)[O-]. The molecule has 0 fully saturated rings. The van der Waals surface area contributed by atoms with Crippen LogP contribution in [0.5, 0.6) is 0 Å². The lowest BCUT2D eigenvalue weighted by molar-refractivity contribution is -0.384. The molecule has 0 aliphatic rings. The first-order valence-electron chi connectivity index (χ1n) is 4.85. The van der Waals surface area contributed by atoms with Crippen LogP contribution in [0, 0.1) is 17.0 Å². The van der Waals surface area contributed by atoms with Gasteiger partial charge in [0.2, 0.25) is 0 Å². The Labute approximate surface area is 92.7 Å². The Kier molecular flexibility index (Phi) is 2.64. The van der Waals surface area contributed by atoms with E-state index in [1.807, 2.05) is 19.1 Å². The van der Waals surface area contributed by atoms with Gasteiger partial charge in [0.25, 0.3) is 5.69 Å². The molecule has 0 radical (unpaired) electrons. The normalized spacial score (nSPS) is 10.1. The van der Waals surface area contributed by atoms with E-state index in [4.69, 9.17) is 0 Å². The Morgan fingerprint density at radius 2 is 1.94 bits per heavy atom. The summed E-state index contributed by atoms with van der Waals surface area (Å²) in [6.45, 7) is 1.89. The number of nitro benzene ring substituents is 1. The summed E-state index contributed by atoms with van der Waals surface area (Å²) in [7, 11) is 0. The first-order chi connectivity index (χ1) is 7.70. The van der Waals surface area contributed by atoms with E-state index in [2.05, 4.69) is 4.98 Å². The predicted octanol–water partition coefficient (Wildman–Crippen LogP) is 2.97. The molecular formula is C12H10N2O2. The molecule has 0 unspecified atom stereocenters. The lowest BCUT2D eigenvalue weighted by atomic mass is 10.1. The van der Waals surface area contributed by atoms with Crippen LogP contribution in [0.25, 0.3) is 11.3 Å². The maximum absolute atomic E-state index is 10.9. The first kappa shape index (κ1) is 10.3. The smallest absolute Gasteiger partial charge is 0.258 e. The van der Waals surface area contributed by atoms with Crippen molar-refractivity contribution in [1.29, 1.82) is 0 Å². The van der Waals surface area contributed by atoms with Gasteiger partial charge in [-0.1, -0.05) is 18.2 Å². The summed E-state index contributed by atoms with van der Waals surface area (Å²) >= 11 is 0. The molecule has 80 valence electrons. The van der Waals surface area contributed by atoms with Gasteiger partial charge in [-0.25, -0.2) is 0 Å². The summed E-state index contributed by atoms with van der Waals surface area (Å²) in [5, 5.41) is 10.9. The lowest BCUT2D eigenvalue weighted by Crippen LogP contribution is -1.94. The van der Waals surface area contributed by atoms with Gasteiger partial charge in [0.15, 0.2) is 0 Å². The molecule has 0 atom stereocenters. The maximum atomic E-state index is 10.9. The standard InChI is InChI=1S/C12H10N2O2/c1-9-5-4-8-13-12(9)10-6-2-3-7-11(10)14(15)16/h2-8H,1H3. The van der Waals surface area contributed by atoms with Gasteiger partial charge in [0.05, 0.1) is 16.2 Å². The highest BCUT2D eigenvalue weighted by molar-refractivity contribution is 5.72. The Bertz CT molecular complexity index is 538. The van der Waals surface area contributed by atoms with Crippen molar-refractivity contribution in [1.82, 2.24) is 4.98 Å². The minimum absolute atomic E-state index is 0.0873. The molecular weight excluding hydrogens is 204 g/mol. The van der Waals surface area contributed by atoms with E-state index in [0.717, 1.165) is 5.56 Å². The molecule has 4 nitrogen and oxygen atoms in total. The maximum Gasteiger partial charge on any atom is 0.278 e. The Morgan fingerprint density at radius 1 is 1.19 bits per heavy atom. The van der Waals surface area contributed by atoms with Crippen molar-refractivity contribution in [2.24, 2.45) is 0 Å². The van der Waals surface area contributed by atoms with E-state index < -0.39 is 0 Å². The molecule has 4 heteroatoms. The first-order valence-corrected chi connectivity index (χ1v) is 4.85. The minimum atomic E-state index is -0.385. The van der Waals surface area contributed by atoms with E-state index in [1.54, 1.807) is 24.4 Å². The van der Waals surface area contributed by atoms with Gasteiger partial charge >= 0.3 is 0 Å². The summed E-state index contributed by atoms with van der Waals surface area (Å²) in [6.07, 6.45) is 1.64. The van der Waals surface area contributed by atoms with Crippen LogP contribution >= 0.6 is 0 Å². The average Bonchev–Trinajstić information content (AvgIpc) is 2.29. The van der Waals surface area contributed by atoms with Gasteiger partial charge < -0.3 is 0 Å². The van der Waals surface area contributed by atoms with Gasteiger partial charge in [-0.15, -0.1) is 0 Å². The monoisotopic (exact) mass is 214 g/mol. The molecule has 1 aromatic carbocycles. The van der Waals surface area contributed by atoms with E-state index in [9.17, 15) is 10.1 Å². The quantitative estimate of drug-likeness (QED) is 0.570. The van der Waals surface area contributed by atoms with Crippen LogP contribution in [0.4, 0.5) is 5.69 Å². The average molecular weight is 214 g/mol. The number of benzene rings is 1. The molecule has 0 bridgehead atoms. The largest absolute Gasteiger partial charge is 0.278 e. The molecule has 1 heterocycles. The van der Waals surface area contributed by atoms with Crippen LogP contribution in [-0.4, -0.2) is 9.91 Å². The molecule has 1 aromatic heterocycles. The molecule has 0 spiro atoms. The fourth-order valence-corrected chi connectivity index (χ4v) is 1.60. The van der Waals surface area contributed by atoms with Crippen LogP contribution < -0.4 is 0 Å². The van der Waals surface area contributed by atoms with Crippen molar-refractivity contribution in [3.05, 3.63) is 58.3 Å². The van der Waals surface area contributed by atoms with Crippen molar-refractivity contribution < 1.29 is 4.92 Å². The molecule has 2 rings (SSSR count). The second kappa shape index (κ2) is 4.10. The molecule has 0 aliphatic carbocycles. The number of nitrogens with zero attached hydrogens (tertiary/aromatic N) is 2. The summed E-state index contributed by atoms with van der Waals surface area (Å²) < 4.78 is 0. The lowest BCUT2D eigenvalue weighted by Gasteiger charge is -2.04. The van der Waals surface area contributed by atoms with E-state index in [0.29, 0.717) is 11.3 Å². The number of hydrogen-bond donors (Lipinski definition) is 0. The number of aryl methyl sites for hydroxylation is 1. The predicted molar refractivity (Wildman–Crippen MR) is 61.1 cm³/mol. The Hall–Kier alpha value is -2.23. The number of nitro groups is 1. The second-order valence-electron chi connectivity index (χ2n) is 3.44. The highest BCUT2D eigenvalue weighted by atomic mass is 16.6. The van der Waals surface area contributed by atoms with Crippen LogP contribution in [0.2, 0.25) is 0 Å². The fraction of sp³-hybridized carbons (Fsp3) is 0.0833. The third kappa shape index (κ3) is 1.77. The molecule has 0 saturated heterocycles. The third-order valence-electron chi connectivity index (χ3n) is 2.37. The molecule has 2 aromatic rings. The zero-order valence-corrected chi connectivity index (χ0v) is 8.75. The van der Waals surface area contributed by atoms with E-state index in [-0.39, 0.29) is 10.6 Å². The number of para-hydroxylation sites is 1. The number of aromatic nitrogens is 1. The highest BCUT2D eigenvalue weighted by Crippen LogP contribution is 2.29. The van der Waals surface area contributed by atoms with Gasteiger partial charge in [-0.05, 0) is 24.6 Å². The van der Waals surface area contributed by atoms with Crippen molar-refractivity contribution in [2.45, 2.75) is 6.92 Å². The zero-order valence-electron chi connectivity index (χ0n) is 8.75. The van der Waals surface area contributed by atoms with Gasteiger partial charge in [-0.2, -0.15) is 0 Å². The molecule has 0 amide bonds. The number of pyridine rings is 1. The van der Waals surface area contributed by atoms with Crippen molar-refractivity contribution >= 4 is 5.69 Å². The molecule has 16 heavy (non-hydrogen) atoms. The minimum Gasteiger partial charge on any atom is -0.258 e. The summed E-state index contributed by atoms with van der Waals surface area (Å²) in [4.78, 5) is 14.7. The van der Waals surface area contributed by atoms with Crippen molar-refractivity contribution in [3.8, 4) is 11.3 Å². The Balaban J connectivity index is 2.65. The summed E-state index contributed by atoms with van der Waals surface area (Å²) in [6, 6.07) is 10.3. The van der Waals surface area contributed by atoms with Crippen LogP contribution in [0.1, 0.15) is 5.56 Å². The van der Waals surface area contributed by atoms with Gasteiger partial charge in [0.1, 0.15) is 0 Å². The van der Waals surface area contributed by atoms with Crippen LogP contribution in [-0.2, 0) is 0 Å². The highest BCUT2D eigenvalue weighted by Gasteiger charge is 2.16. The van der Waals surface area contributed by atoms with E-state index >= 15 is 0 Å². The van der Waals surface area contributed by atoms with E-state index in [1.165, 1.54) is 6.07 Å². The van der Waals surface area contributed by atoms with Crippen molar-refractivity contribution in [2.75, 3.05) is 0 Å². The molecule has 0 aliphatic heterocycles. The summed E-state index contributed by atoms with van der Waals surface area (Å²) in [5.41, 5.74) is 2.24. The summed E-state index contributed by atoms with van der Waals surface area (Å²) in [5.74, 6) is 0. The van der Waals surface area contributed by atoms with Crippen molar-refractivity contribution in [3.63, 3.8) is 0 Å². The van der Waals surface area contributed by atoms with Gasteiger partial charge in [0, 0.05) is 12.3 Å². The second-order valence-corrected chi connectivity index (χ2v) is 3.44.